The summed E-state index contributed by atoms with van der Waals surface area (Å²) in [6, 6.07) is -0.928. The number of aliphatic hydroxyl groups excluding tert-OH is 1. The molecule has 2 N–H and O–H groups in total. The molecule has 1 unspecified atom stereocenters. The maximum absolute atomic E-state index is 11.9. The summed E-state index contributed by atoms with van der Waals surface area (Å²) >= 11 is 0. The van der Waals surface area contributed by atoms with Crippen LogP contribution in [0.3, 0.4) is 0 Å². The van der Waals surface area contributed by atoms with E-state index in [-0.39, 0.29) is 25.3 Å². The number of hydrogen-bond acceptors (Lipinski definition) is 5. The van der Waals surface area contributed by atoms with E-state index in [0.717, 1.165) is 0 Å². The second kappa shape index (κ2) is 5.13. The molecular weight excluding hydrogens is 240 g/mol. The smallest absolute Gasteiger partial charge is 0.326 e. The lowest BCUT2D eigenvalue weighted by Crippen LogP contribution is -2.40. The van der Waals surface area contributed by atoms with Crippen LogP contribution < -0.4 is 0 Å². The van der Waals surface area contributed by atoms with Crippen LogP contribution in [0.15, 0.2) is 12.4 Å². The summed E-state index contributed by atoms with van der Waals surface area (Å²) in [6.45, 7) is 0.422. The molecule has 1 fully saturated rings. The van der Waals surface area contributed by atoms with Gasteiger partial charge in [-0.05, 0) is 0 Å². The van der Waals surface area contributed by atoms with E-state index in [1.165, 1.54) is 15.8 Å². The first-order valence-corrected chi connectivity index (χ1v) is 5.62. The van der Waals surface area contributed by atoms with Gasteiger partial charge in [0, 0.05) is 25.6 Å². The van der Waals surface area contributed by atoms with Gasteiger partial charge in [0.1, 0.15) is 6.04 Å². The van der Waals surface area contributed by atoms with E-state index in [1.807, 2.05) is 0 Å². The zero-order valence-corrected chi connectivity index (χ0v) is 9.64. The number of carboxylic acid groups (broad SMARTS) is 1. The third-order valence-electron chi connectivity index (χ3n) is 2.91. The fraction of sp³-hybridized carbons (Fsp3) is 0.600. The third kappa shape index (κ3) is 2.65. The number of aliphatic hydroxyl groups is 1. The molecule has 2 atom stereocenters. The van der Waals surface area contributed by atoms with Crippen LogP contribution in [0.25, 0.3) is 0 Å². The lowest BCUT2D eigenvalue weighted by atomic mass is 10.2. The van der Waals surface area contributed by atoms with Gasteiger partial charge in [0.25, 0.3) is 0 Å². The lowest BCUT2D eigenvalue weighted by Gasteiger charge is -2.20. The predicted octanol–water partition coefficient (Wildman–Crippen LogP) is -1.29. The van der Waals surface area contributed by atoms with Crippen molar-refractivity contribution in [1.82, 2.24) is 19.9 Å². The van der Waals surface area contributed by atoms with Crippen molar-refractivity contribution in [3.63, 3.8) is 0 Å². The average molecular weight is 254 g/mol. The number of carboxylic acids is 1. The second-order valence-electron chi connectivity index (χ2n) is 4.21. The molecular formula is C10H14N4O4. The summed E-state index contributed by atoms with van der Waals surface area (Å²) in [4.78, 5) is 24.1. The van der Waals surface area contributed by atoms with Crippen LogP contribution in [0.1, 0.15) is 12.8 Å². The Hall–Kier alpha value is -1.96. The van der Waals surface area contributed by atoms with E-state index in [9.17, 15) is 14.7 Å². The summed E-state index contributed by atoms with van der Waals surface area (Å²) in [6.07, 6.45) is 2.59. The Balaban J connectivity index is 1.93. The zero-order valence-electron chi connectivity index (χ0n) is 9.64. The Bertz CT molecular complexity index is 433. The Morgan fingerprint density at radius 1 is 1.44 bits per heavy atom. The number of carbonyl (C=O) groups excluding carboxylic acids is 1. The van der Waals surface area contributed by atoms with Gasteiger partial charge in [0.15, 0.2) is 0 Å². The Morgan fingerprint density at radius 3 is 2.83 bits per heavy atom. The van der Waals surface area contributed by atoms with Gasteiger partial charge < -0.3 is 15.1 Å². The first kappa shape index (κ1) is 12.5. The number of nitrogens with zero attached hydrogens (tertiary/aromatic N) is 4. The van der Waals surface area contributed by atoms with Crippen LogP contribution in [0.2, 0.25) is 0 Å². The highest BCUT2D eigenvalue weighted by Crippen LogP contribution is 2.19. The molecule has 0 saturated carbocycles. The van der Waals surface area contributed by atoms with E-state index >= 15 is 0 Å². The monoisotopic (exact) mass is 254 g/mol. The molecule has 1 amide bonds. The molecule has 2 heterocycles. The predicted molar refractivity (Wildman–Crippen MR) is 58.4 cm³/mol. The molecule has 98 valence electrons. The number of aliphatic carboxylic acids is 1. The summed E-state index contributed by atoms with van der Waals surface area (Å²) in [5.74, 6) is -1.38. The van der Waals surface area contributed by atoms with Gasteiger partial charge in [-0.3, -0.25) is 9.48 Å². The number of carbonyl (C=O) groups is 2. The Kier molecular flexibility index (Phi) is 3.56. The van der Waals surface area contributed by atoms with Crippen molar-refractivity contribution in [2.75, 3.05) is 6.54 Å². The summed E-state index contributed by atoms with van der Waals surface area (Å²) in [7, 11) is 0. The standard InChI is InChI=1S/C10H14N4O4/c15-7-5-8(10(17)18)14(6-7)9(16)1-3-13-4-2-11-12-13/h2,4,7-8,15H,1,3,5-6H2,(H,17,18)/t7?,8-/m0/s1. The molecule has 1 aliphatic rings. The lowest BCUT2D eigenvalue weighted by molar-refractivity contribution is -0.148. The zero-order chi connectivity index (χ0) is 13.1. The molecule has 2 rings (SSSR count). The van der Waals surface area contributed by atoms with E-state index in [4.69, 9.17) is 5.11 Å². The van der Waals surface area contributed by atoms with E-state index in [1.54, 1.807) is 6.20 Å². The molecule has 0 bridgehead atoms. The van der Waals surface area contributed by atoms with Crippen molar-refractivity contribution in [3.05, 3.63) is 12.4 Å². The molecule has 8 nitrogen and oxygen atoms in total. The molecule has 18 heavy (non-hydrogen) atoms. The van der Waals surface area contributed by atoms with Crippen molar-refractivity contribution in [1.29, 1.82) is 0 Å². The van der Waals surface area contributed by atoms with Crippen molar-refractivity contribution in [3.8, 4) is 0 Å². The quantitative estimate of drug-likeness (QED) is 0.692. The van der Waals surface area contributed by atoms with Gasteiger partial charge in [-0.1, -0.05) is 5.21 Å². The largest absolute Gasteiger partial charge is 0.480 e. The van der Waals surface area contributed by atoms with E-state index in [2.05, 4.69) is 10.3 Å². The molecule has 0 aromatic carbocycles. The van der Waals surface area contributed by atoms with Gasteiger partial charge in [0.05, 0.1) is 18.8 Å². The number of hydrogen-bond donors (Lipinski definition) is 2. The first-order valence-electron chi connectivity index (χ1n) is 5.62. The van der Waals surface area contributed by atoms with Gasteiger partial charge in [-0.15, -0.1) is 5.10 Å². The van der Waals surface area contributed by atoms with Crippen molar-refractivity contribution in [2.24, 2.45) is 0 Å². The minimum absolute atomic E-state index is 0.0765. The molecule has 8 heteroatoms. The molecule has 1 aliphatic heterocycles. The highest BCUT2D eigenvalue weighted by molar-refractivity contribution is 5.84. The maximum Gasteiger partial charge on any atom is 0.326 e. The fourth-order valence-corrected chi connectivity index (χ4v) is 2.03. The number of aromatic nitrogens is 3. The third-order valence-corrected chi connectivity index (χ3v) is 2.91. The number of rotatable bonds is 4. The minimum Gasteiger partial charge on any atom is -0.480 e. The molecule has 1 aromatic rings. The summed E-state index contributed by atoms with van der Waals surface area (Å²) in [5, 5.41) is 25.7. The molecule has 1 aromatic heterocycles. The molecule has 1 saturated heterocycles. The van der Waals surface area contributed by atoms with Gasteiger partial charge >= 0.3 is 5.97 Å². The Labute approximate surface area is 103 Å². The van der Waals surface area contributed by atoms with Crippen LogP contribution in [-0.2, 0) is 16.1 Å². The normalized spacial score (nSPS) is 23.3. The average Bonchev–Trinajstić information content (AvgIpc) is 2.94. The van der Waals surface area contributed by atoms with E-state index in [0.29, 0.717) is 6.54 Å². The fourth-order valence-electron chi connectivity index (χ4n) is 2.03. The van der Waals surface area contributed by atoms with Crippen LogP contribution in [0.5, 0.6) is 0 Å². The van der Waals surface area contributed by atoms with Gasteiger partial charge in [0.2, 0.25) is 5.91 Å². The Morgan fingerprint density at radius 2 is 2.22 bits per heavy atom. The van der Waals surface area contributed by atoms with Gasteiger partial charge in [-0.25, -0.2) is 4.79 Å². The number of β-amino-alcohol motifs (C(OH)–C–C–N with tert-alkyl or cyclic N) is 1. The maximum atomic E-state index is 11.9. The van der Waals surface area contributed by atoms with E-state index < -0.39 is 18.1 Å². The highest BCUT2D eigenvalue weighted by Gasteiger charge is 2.38. The van der Waals surface area contributed by atoms with Crippen molar-refractivity contribution >= 4 is 11.9 Å². The summed E-state index contributed by atoms with van der Waals surface area (Å²) < 4.78 is 1.50. The summed E-state index contributed by atoms with van der Waals surface area (Å²) in [5.41, 5.74) is 0. The van der Waals surface area contributed by atoms with Crippen molar-refractivity contribution < 1.29 is 19.8 Å². The minimum atomic E-state index is -1.08. The van der Waals surface area contributed by atoms with Crippen molar-refractivity contribution in [2.45, 2.75) is 31.5 Å². The molecule has 0 spiro atoms. The van der Waals surface area contributed by atoms with Crippen LogP contribution in [-0.4, -0.2) is 60.7 Å². The second-order valence-corrected chi connectivity index (χ2v) is 4.21. The number of amides is 1. The molecule has 0 radical (unpaired) electrons. The number of aryl methyl sites for hydroxylation is 1. The number of likely N-dealkylation sites (tertiary alicyclic amines) is 1. The SMILES string of the molecule is O=C(O)[C@@H]1CC(O)CN1C(=O)CCn1ccnn1. The van der Waals surface area contributed by atoms with Crippen LogP contribution >= 0.6 is 0 Å². The first-order chi connectivity index (χ1) is 8.58. The van der Waals surface area contributed by atoms with Crippen LogP contribution in [0, 0.1) is 0 Å². The highest BCUT2D eigenvalue weighted by atomic mass is 16.4. The van der Waals surface area contributed by atoms with Gasteiger partial charge in [-0.2, -0.15) is 0 Å². The van der Waals surface area contributed by atoms with Crippen LogP contribution in [0.4, 0.5) is 0 Å². The molecule has 0 aliphatic carbocycles. The topological polar surface area (TPSA) is 109 Å².